The van der Waals surface area contributed by atoms with E-state index >= 15 is 0 Å². The van der Waals surface area contributed by atoms with Crippen molar-refractivity contribution >= 4 is 29.1 Å². The molecule has 5 nitrogen and oxygen atoms in total. The summed E-state index contributed by atoms with van der Waals surface area (Å²) in [5.41, 5.74) is 3.64. The maximum atomic E-state index is 13.7. The zero-order valence-electron chi connectivity index (χ0n) is 16.6. The maximum absolute atomic E-state index is 13.7. The van der Waals surface area contributed by atoms with Crippen LogP contribution in [0.1, 0.15) is 10.4 Å². The predicted molar refractivity (Wildman–Crippen MR) is 121 cm³/mol. The first-order valence-corrected chi connectivity index (χ1v) is 10.2. The highest BCUT2D eigenvalue weighted by Crippen LogP contribution is 2.48. The molecule has 2 heterocycles. The van der Waals surface area contributed by atoms with Crippen molar-refractivity contribution in [3.63, 3.8) is 0 Å². The molecule has 31 heavy (non-hydrogen) atoms. The molecule has 1 aliphatic heterocycles. The van der Waals surface area contributed by atoms with Gasteiger partial charge in [0.1, 0.15) is 5.82 Å². The van der Waals surface area contributed by atoms with E-state index in [0.29, 0.717) is 55.4 Å². The highest BCUT2D eigenvalue weighted by atomic mass is 35.5. The number of methoxy groups -OCH3 is 2. The summed E-state index contributed by atoms with van der Waals surface area (Å²) < 4.78 is 12.5. The average Bonchev–Trinajstić information content (AvgIpc) is 3.29. The van der Waals surface area contributed by atoms with Gasteiger partial charge in [0, 0.05) is 21.7 Å². The van der Waals surface area contributed by atoms with Crippen molar-refractivity contribution in [2.75, 3.05) is 14.2 Å². The van der Waals surface area contributed by atoms with E-state index < -0.39 is 0 Å². The first kappa shape index (κ1) is 19.7. The van der Waals surface area contributed by atoms with Crippen LogP contribution in [0.2, 0.25) is 10.0 Å². The van der Waals surface area contributed by atoms with Crippen LogP contribution < -0.4 is 9.47 Å². The molecule has 0 radical (unpaired) electrons. The Hall–Kier alpha value is -3.28. The summed E-state index contributed by atoms with van der Waals surface area (Å²) in [5, 5.41) is 1.04. The molecule has 0 N–H and O–H groups in total. The van der Waals surface area contributed by atoms with Crippen LogP contribution in [0.5, 0.6) is 11.5 Å². The number of fused-ring (bicyclic) bond motifs is 3. The molecule has 5 rings (SSSR count). The smallest absolute Gasteiger partial charge is 0.268 e. The van der Waals surface area contributed by atoms with Gasteiger partial charge < -0.3 is 9.47 Å². The zero-order valence-corrected chi connectivity index (χ0v) is 18.2. The van der Waals surface area contributed by atoms with Gasteiger partial charge in [-0.1, -0.05) is 59.6 Å². The Morgan fingerprint density at radius 2 is 1.45 bits per heavy atom. The molecule has 1 aromatic heterocycles. The van der Waals surface area contributed by atoms with Crippen molar-refractivity contribution in [1.82, 2.24) is 9.55 Å². The van der Waals surface area contributed by atoms with Crippen molar-refractivity contribution < 1.29 is 14.3 Å². The van der Waals surface area contributed by atoms with Gasteiger partial charge in [0.25, 0.3) is 5.91 Å². The van der Waals surface area contributed by atoms with Gasteiger partial charge >= 0.3 is 0 Å². The van der Waals surface area contributed by atoms with Gasteiger partial charge in [-0.2, -0.15) is 0 Å². The second kappa shape index (κ2) is 7.45. The van der Waals surface area contributed by atoms with Crippen molar-refractivity contribution in [2.24, 2.45) is 0 Å². The quantitative estimate of drug-likeness (QED) is 0.326. The molecule has 0 saturated heterocycles. The van der Waals surface area contributed by atoms with Gasteiger partial charge in [0.2, 0.25) is 0 Å². The van der Waals surface area contributed by atoms with Crippen LogP contribution in [0.3, 0.4) is 0 Å². The van der Waals surface area contributed by atoms with Crippen LogP contribution in [-0.2, 0) is 0 Å². The number of nitrogens with zero attached hydrogens (tertiary/aromatic N) is 2. The van der Waals surface area contributed by atoms with Gasteiger partial charge in [-0.3, -0.25) is 9.36 Å². The largest absolute Gasteiger partial charge is 0.493 e. The number of hydrogen-bond acceptors (Lipinski definition) is 4. The minimum atomic E-state index is -0.263. The van der Waals surface area contributed by atoms with E-state index in [-0.39, 0.29) is 5.91 Å². The van der Waals surface area contributed by atoms with E-state index in [9.17, 15) is 4.79 Å². The number of carbonyl (C=O) groups excluding carboxylic acids is 1. The molecule has 4 aromatic rings. The van der Waals surface area contributed by atoms with Crippen LogP contribution in [0.15, 0.2) is 60.7 Å². The van der Waals surface area contributed by atoms with Gasteiger partial charge in [-0.25, -0.2) is 4.98 Å². The molecule has 0 aliphatic carbocycles. The standard InChI is InChI=1S/C24H16Cl2N2O3/c1-30-18-12-11-15-19(22(18)31-2)24(29)28-21(14-8-4-6-10-17(14)26)20(27-23(15)28)13-7-3-5-9-16(13)25/h3-12H,1-2H3. The number of hydrogen-bond donors (Lipinski definition) is 0. The van der Waals surface area contributed by atoms with E-state index in [2.05, 4.69) is 0 Å². The molecule has 0 fully saturated rings. The van der Waals surface area contributed by atoms with Crippen LogP contribution >= 0.6 is 23.2 Å². The fraction of sp³-hybridized carbons (Fsp3) is 0.0833. The lowest BCUT2D eigenvalue weighted by molar-refractivity contribution is 0.0967. The Kier molecular flexibility index (Phi) is 4.73. The van der Waals surface area contributed by atoms with Crippen molar-refractivity contribution in [1.29, 1.82) is 0 Å². The number of benzene rings is 3. The third kappa shape index (κ3) is 2.85. The summed E-state index contributed by atoms with van der Waals surface area (Å²) in [5.74, 6) is 1.10. The minimum absolute atomic E-state index is 0.263. The van der Waals surface area contributed by atoms with Crippen molar-refractivity contribution in [2.45, 2.75) is 0 Å². The summed E-state index contributed by atoms with van der Waals surface area (Å²) in [6.45, 7) is 0. The maximum Gasteiger partial charge on any atom is 0.268 e. The van der Waals surface area contributed by atoms with Gasteiger partial charge in [-0.05, 0) is 24.3 Å². The monoisotopic (exact) mass is 450 g/mol. The molecule has 0 unspecified atom stereocenters. The Labute approximate surface area is 188 Å². The zero-order chi connectivity index (χ0) is 21.7. The normalized spacial score (nSPS) is 11.9. The topological polar surface area (TPSA) is 53.4 Å². The average molecular weight is 451 g/mol. The molecule has 3 aromatic carbocycles. The number of rotatable bonds is 4. The lowest BCUT2D eigenvalue weighted by Gasteiger charge is -2.13. The number of ether oxygens (including phenoxy) is 2. The van der Waals surface area contributed by atoms with E-state index in [4.69, 9.17) is 37.7 Å². The van der Waals surface area contributed by atoms with Crippen LogP contribution in [-0.4, -0.2) is 29.7 Å². The van der Waals surface area contributed by atoms with E-state index in [1.54, 1.807) is 22.8 Å². The molecule has 1 aliphatic rings. The van der Waals surface area contributed by atoms with E-state index in [1.165, 1.54) is 14.2 Å². The van der Waals surface area contributed by atoms with Gasteiger partial charge in [0.15, 0.2) is 11.5 Å². The fourth-order valence-electron chi connectivity index (χ4n) is 3.98. The third-order valence-electron chi connectivity index (χ3n) is 5.34. The second-order valence-electron chi connectivity index (χ2n) is 6.96. The van der Waals surface area contributed by atoms with Crippen molar-refractivity contribution in [3.05, 3.63) is 76.3 Å². The highest BCUT2D eigenvalue weighted by molar-refractivity contribution is 6.35. The lowest BCUT2D eigenvalue weighted by Crippen LogP contribution is -2.10. The first-order chi connectivity index (χ1) is 15.1. The third-order valence-corrected chi connectivity index (χ3v) is 6.00. The number of carbonyl (C=O) groups is 1. The van der Waals surface area contributed by atoms with Crippen LogP contribution in [0.4, 0.5) is 0 Å². The lowest BCUT2D eigenvalue weighted by atomic mass is 10.0. The second-order valence-corrected chi connectivity index (χ2v) is 7.77. The Morgan fingerprint density at radius 3 is 2.06 bits per heavy atom. The molecule has 0 amide bonds. The first-order valence-electron chi connectivity index (χ1n) is 9.49. The number of aromatic nitrogens is 2. The molecule has 0 bridgehead atoms. The molecule has 0 spiro atoms. The fourth-order valence-corrected chi connectivity index (χ4v) is 4.43. The molecule has 154 valence electrons. The summed E-state index contributed by atoms with van der Waals surface area (Å²) >= 11 is 13.1. The highest BCUT2D eigenvalue weighted by Gasteiger charge is 2.37. The van der Waals surface area contributed by atoms with E-state index in [0.717, 1.165) is 5.56 Å². The van der Waals surface area contributed by atoms with Crippen LogP contribution in [0.25, 0.3) is 33.9 Å². The number of halogens is 2. The molecular formula is C24H16Cl2N2O3. The molecule has 0 atom stereocenters. The predicted octanol–water partition coefficient (Wildman–Crippen LogP) is 6.21. The summed E-state index contributed by atoms with van der Waals surface area (Å²) in [4.78, 5) is 18.5. The van der Waals surface area contributed by atoms with Gasteiger partial charge in [-0.15, -0.1) is 0 Å². The Morgan fingerprint density at radius 1 is 0.806 bits per heavy atom. The minimum Gasteiger partial charge on any atom is -0.493 e. The Balaban J connectivity index is 1.87. The molecule has 7 heteroatoms. The molecular weight excluding hydrogens is 435 g/mol. The Bertz CT molecular complexity index is 1360. The van der Waals surface area contributed by atoms with Crippen molar-refractivity contribution in [3.8, 4) is 45.4 Å². The number of imidazole rings is 1. The van der Waals surface area contributed by atoms with E-state index in [1.807, 2.05) is 42.5 Å². The summed E-state index contributed by atoms with van der Waals surface area (Å²) in [6, 6.07) is 18.3. The SMILES string of the molecule is COc1ccc2c(c1OC)C(=O)n1c-2nc(-c2ccccc2Cl)c1-c1ccccc1Cl. The summed E-state index contributed by atoms with van der Waals surface area (Å²) in [6.07, 6.45) is 0. The summed E-state index contributed by atoms with van der Waals surface area (Å²) in [7, 11) is 3.05. The van der Waals surface area contributed by atoms with Crippen LogP contribution in [0, 0.1) is 0 Å². The molecule has 0 saturated carbocycles. The van der Waals surface area contributed by atoms with Gasteiger partial charge in [0.05, 0.1) is 36.2 Å².